The maximum atomic E-state index is 12.2. The first-order valence-corrected chi connectivity index (χ1v) is 8.19. The number of fused-ring (bicyclic) bond motifs is 1. The molecule has 0 aliphatic rings. The number of hydrogen-bond donors (Lipinski definition) is 0. The largest absolute Gasteiger partial charge is 0.332 e. The van der Waals surface area contributed by atoms with Gasteiger partial charge in [0.1, 0.15) is 0 Å². The predicted octanol–water partition coefficient (Wildman–Crippen LogP) is 1.57. The lowest BCUT2D eigenvalue weighted by atomic mass is 10.2. The van der Waals surface area contributed by atoms with Crippen LogP contribution in [0.4, 0.5) is 0 Å². The van der Waals surface area contributed by atoms with Crippen molar-refractivity contribution in [1.82, 2.24) is 18.7 Å². The summed E-state index contributed by atoms with van der Waals surface area (Å²) in [5.74, 6) is 0.756. The third kappa shape index (κ3) is 2.61. The molecule has 0 bridgehead atoms. The van der Waals surface area contributed by atoms with Gasteiger partial charge in [0.2, 0.25) is 0 Å². The fourth-order valence-corrected chi connectivity index (χ4v) is 3.44. The van der Waals surface area contributed by atoms with Crippen LogP contribution in [0.2, 0.25) is 0 Å². The van der Waals surface area contributed by atoms with Crippen LogP contribution < -0.4 is 11.2 Å². The van der Waals surface area contributed by atoms with E-state index in [1.54, 1.807) is 23.4 Å². The zero-order valence-electron chi connectivity index (χ0n) is 13.5. The molecule has 0 fully saturated rings. The summed E-state index contributed by atoms with van der Waals surface area (Å²) in [5, 5.41) is 0.721. The summed E-state index contributed by atoms with van der Waals surface area (Å²) >= 11 is 1.55. The first-order chi connectivity index (χ1) is 10.9. The Balaban J connectivity index is 2.02. The molecule has 0 N–H and O–H groups in total. The van der Waals surface area contributed by atoms with Gasteiger partial charge in [0.25, 0.3) is 5.56 Å². The smallest absolute Gasteiger partial charge is 0.308 e. The van der Waals surface area contributed by atoms with Crippen LogP contribution in [-0.4, -0.2) is 18.7 Å². The summed E-state index contributed by atoms with van der Waals surface area (Å²) in [7, 11) is 4.95. The van der Waals surface area contributed by atoms with E-state index in [9.17, 15) is 9.59 Å². The van der Waals surface area contributed by atoms with E-state index in [4.69, 9.17) is 0 Å². The van der Waals surface area contributed by atoms with Crippen molar-refractivity contribution in [3.8, 4) is 0 Å². The van der Waals surface area contributed by atoms with Gasteiger partial charge in [-0.2, -0.15) is 0 Å². The molecular weight excluding hydrogens is 312 g/mol. The quantitative estimate of drug-likeness (QED) is 0.684. The predicted molar refractivity (Wildman–Crippen MR) is 91.9 cm³/mol. The minimum Gasteiger partial charge on any atom is -0.308 e. The number of rotatable bonds is 3. The number of benzene rings is 1. The average molecular weight is 330 g/mol. The highest BCUT2D eigenvalue weighted by atomic mass is 32.2. The molecule has 0 saturated heterocycles. The van der Waals surface area contributed by atoms with Crippen LogP contribution in [0.15, 0.2) is 39.0 Å². The number of imidazole rings is 1. The zero-order valence-corrected chi connectivity index (χ0v) is 14.3. The summed E-state index contributed by atoms with van der Waals surface area (Å²) in [6.07, 6.45) is 0. The highest BCUT2D eigenvalue weighted by Gasteiger charge is 2.17. The van der Waals surface area contributed by atoms with Crippen molar-refractivity contribution in [2.75, 3.05) is 0 Å². The Morgan fingerprint density at radius 2 is 1.65 bits per heavy atom. The van der Waals surface area contributed by atoms with Crippen molar-refractivity contribution >= 4 is 22.9 Å². The van der Waals surface area contributed by atoms with Gasteiger partial charge in [-0.1, -0.05) is 41.6 Å². The Bertz CT molecular complexity index is 996. The first-order valence-electron chi connectivity index (χ1n) is 7.21. The molecule has 3 aromatic rings. The van der Waals surface area contributed by atoms with Crippen LogP contribution in [0.5, 0.6) is 0 Å². The molecule has 120 valence electrons. The molecule has 0 aliphatic heterocycles. The number of hydrogen-bond acceptors (Lipinski definition) is 4. The van der Waals surface area contributed by atoms with Crippen LogP contribution in [0.25, 0.3) is 11.2 Å². The molecule has 0 unspecified atom stereocenters. The van der Waals surface area contributed by atoms with Gasteiger partial charge in [-0.05, 0) is 12.5 Å². The highest BCUT2D eigenvalue weighted by Crippen LogP contribution is 2.24. The molecule has 2 heterocycles. The molecule has 0 radical (unpaired) electrons. The van der Waals surface area contributed by atoms with Crippen molar-refractivity contribution in [3.05, 3.63) is 56.2 Å². The van der Waals surface area contributed by atoms with Crippen LogP contribution in [0, 0.1) is 6.92 Å². The molecule has 3 rings (SSSR count). The SMILES string of the molecule is Cc1ccc(CSc2nc3c(=O)n(C)c(=O)n(C)c3n2C)cc1. The van der Waals surface area contributed by atoms with Gasteiger partial charge < -0.3 is 4.57 Å². The molecule has 0 atom stereocenters. The van der Waals surface area contributed by atoms with E-state index in [1.165, 1.54) is 22.7 Å². The fraction of sp³-hybridized carbons (Fsp3) is 0.312. The lowest BCUT2D eigenvalue weighted by Crippen LogP contribution is -2.37. The number of thioether (sulfide) groups is 1. The van der Waals surface area contributed by atoms with Gasteiger partial charge in [-0.3, -0.25) is 13.9 Å². The second-order valence-electron chi connectivity index (χ2n) is 5.61. The Kier molecular flexibility index (Phi) is 3.89. The van der Waals surface area contributed by atoms with E-state index in [-0.39, 0.29) is 11.2 Å². The zero-order chi connectivity index (χ0) is 16.7. The Morgan fingerprint density at radius 1 is 1.00 bits per heavy atom. The summed E-state index contributed by atoms with van der Waals surface area (Å²) in [4.78, 5) is 28.7. The standard InChI is InChI=1S/C16H18N4O2S/c1-10-5-7-11(8-6-10)9-23-15-17-12-13(18(15)2)19(3)16(22)20(4)14(12)21/h5-8H,9H2,1-4H3. The van der Waals surface area contributed by atoms with Crippen molar-refractivity contribution in [3.63, 3.8) is 0 Å². The summed E-state index contributed by atoms with van der Waals surface area (Å²) in [6, 6.07) is 8.31. The van der Waals surface area contributed by atoms with Gasteiger partial charge in [0.05, 0.1) is 0 Å². The van der Waals surface area contributed by atoms with Crippen LogP contribution in [0.3, 0.4) is 0 Å². The van der Waals surface area contributed by atoms with Gasteiger partial charge in [0, 0.05) is 26.9 Å². The minimum atomic E-state index is -0.360. The van der Waals surface area contributed by atoms with Crippen molar-refractivity contribution in [2.24, 2.45) is 21.1 Å². The van der Waals surface area contributed by atoms with Gasteiger partial charge in [0.15, 0.2) is 16.3 Å². The van der Waals surface area contributed by atoms with Crippen molar-refractivity contribution < 1.29 is 0 Å². The molecular formula is C16H18N4O2S. The van der Waals surface area contributed by atoms with Gasteiger partial charge in [-0.25, -0.2) is 9.78 Å². The fourth-order valence-electron chi connectivity index (χ4n) is 2.52. The molecule has 1 aromatic carbocycles. The summed E-state index contributed by atoms with van der Waals surface area (Å²) in [6.45, 7) is 2.05. The van der Waals surface area contributed by atoms with E-state index in [0.29, 0.717) is 11.2 Å². The third-order valence-electron chi connectivity index (χ3n) is 3.91. The van der Waals surface area contributed by atoms with E-state index < -0.39 is 0 Å². The van der Waals surface area contributed by atoms with Crippen LogP contribution in [0.1, 0.15) is 11.1 Å². The monoisotopic (exact) mass is 330 g/mol. The van der Waals surface area contributed by atoms with E-state index >= 15 is 0 Å². The second kappa shape index (κ2) is 5.73. The van der Waals surface area contributed by atoms with E-state index in [1.807, 2.05) is 7.05 Å². The summed E-state index contributed by atoms with van der Waals surface area (Å²) in [5.41, 5.74) is 2.57. The lowest BCUT2D eigenvalue weighted by Gasteiger charge is -2.06. The minimum absolute atomic E-state index is 0.323. The maximum absolute atomic E-state index is 12.2. The molecule has 6 nitrogen and oxygen atoms in total. The number of nitrogens with zero attached hydrogens (tertiary/aromatic N) is 4. The number of aromatic nitrogens is 4. The third-order valence-corrected chi connectivity index (χ3v) is 5.01. The first kappa shape index (κ1) is 15.6. The van der Waals surface area contributed by atoms with E-state index in [0.717, 1.165) is 15.5 Å². The topological polar surface area (TPSA) is 61.8 Å². The Morgan fingerprint density at radius 3 is 2.30 bits per heavy atom. The van der Waals surface area contributed by atoms with Crippen molar-refractivity contribution in [2.45, 2.75) is 17.8 Å². The number of aryl methyl sites for hydroxylation is 3. The molecule has 0 amide bonds. The highest BCUT2D eigenvalue weighted by molar-refractivity contribution is 7.98. The van der Waals surface area contributed by atoms with Gasteiger partial charge in [-0.15, -0.1) is 0 Å². The average Bonchev–Trinajstić information content (AvgIpc) is 2.87. The normalized spacial score (nSPS) is 11.3. The Labute approximate surface area is 137 Å². The molecule has 0 saturated carbocycles. The molecule has 0 aliphatic carbocycles. The molecule has 2 aromatic heterocycles. The molecule has 7 heteroatoms. The van der Waals surface area contributed by atoms with Crippen molar-refractivity contribution in [1.29, 1.82) is 0 Å². The molecule has 23 heavy (non-hydrogen) atoms. The summed E-state index contributed by atoms with van der Waals surface area (Å²) < 4.78 is 4.35. The maximum Gasteiger partial charge on any atom is 0.332 e. The van der Waals surface area contributed by atoms with E-state index in [2.05, 4.69) is 36.2 Å². The van der Waals surface area contributed by atoms with Crippen LogP contribution >= 0.6 is 11.8 Å². The van der Waals surface area contributed by atoms with Gasteiger partial charge >= 0.3 is 5.69 Å². The lowest BCUT2D eigenvalue weighted by molar-refractivity contribution is 0.690. The molecule has 0 spiro atoms. The second-order valence-corrected chi connectivity index (χ2v) is 6.55. The van der Waals surface area contributed by atoms with Crippen LogP contribution in [-0.2, 0) is 26.9 Å². The Hall–Kier alpha value is -2.28.